The van der Waals surface area contributed by atoms with Crippen LogP contribution in [0.3, 0.4) is 0 Å². The summed E-state index contributed by atoms with van der Waals surface area (Å²) < 4.78 is 47.7. The Kier molecular flexibility index (Phi) is 6.46. The van der Waals surface area contributed by atoms with Gasteiger partial charge in [0, 0.05) is 25.9 Å². The highest BCUT2D eigenvalue weighted by Gasteiger charge is 2.25. The molecule has 0 fully saturated rings. The largest absolute Gasteiger partial charge is 0.345 e. The van der Waals surface area contributed by atoms with Gasteiger partial charge in [-0.1, -0.05) is 35.3 Å². The maximum atomic E-state index is 14.1. The summed E-state index contributed by atoms with van der Waals surface area (Å²) in [6.07, 6.45) is 1.47. The molecule has 0 aliphatic rings. The number of amides is 1. The number of ketones is 1. The molecule has 1 N–H and O–H groups in total. The van der Waals surface area contributed by atoms with Crippen molar-refractivity contribution < 1.29 is 27.0 Å². The van der Waals surface area contributed by atoms with Crippen LogP contribution < -0.4 is 0 Å². The lowest BCUT2D eigenvalue weighted by Gasteiger charge is -2.12. The van der Waals surface area contributed by atoms with Gasteiger partial charge in [0.05, 0.1) is 37.3 Å². The molecule has 4 aromatic rings. The Hall–Kier alpha value is -3.24. The number of benzene rings is 2. The maximum Gasteiger partial charge on any atom is 0.294 e. The lowest BCUT2D eigenvalue weighted by molar-refractivity contribution is 0.0826. The van der Waals surface area contributed by atoms with Crippen LogP contribution in [0.25, 0.3) is 16.6 Å². The third kappa shape index (κ3) is 4.55. The van der Waals surface area contributed by atoms with Crippen LogP contribution in [0, 0.1) is 5.82 Å². The van der Waals surface area contributed by atoms with Crippen LogP contribution in [-0.4, -0.2) is 48.1 Å². The van der Waals surface area contributed by atoms with Gasteiger partial charge in [-0.15, -0.1) is 0 Å². The fraction of sp³-hybridized carbons (Fsp3) is 0.0833. The monoisotopic (exact) mass is 534 g/mol. The molecule has 0 bridgehead atoms. The van der Waals surface area contributed by atoms with Crippen molar-refractivity contribution in [1.29, 1.82) is 0 Å². The molecule has 35 heavy (non-hydrogen) atoms. The van der Waals surface area contributed by atoms with E-state index in [1.165, 1.54) is 51.9 Å². The number of aromatic nitrogens is 1. The molecule has 0 atom stereocenters. The van der Waals surface area contributed by atoms with Crippen molar-refractivity contribution >= 4 is 50.5 Å². The fourth-order valence-electron chi connectivity index (χ4n) is 3.66. The van der Waals surface area contributed by atoms with E-state index in [0.717, 1.165) is 6.07 Å². The Morgan fingerprint density at radius 1 is 1.00 bits per heavy atom. The van der Waals surface area contributed by atoms with E-state index in [1.54, 1.807) is 26.2 Å². The summed E-state index contributed by atoms with van der Waals surface area (Å²) in [7, 11) is -1.22. The van der Waals surface area contributed by atoms with Crippen LogP contribution in [0.5, 0.6) is 0 Å². The van der Waals surface area contributed by atoms with Crippen LogP contribution in [0.2, 0.25) is 10.0 Å². The number of fused-ring (bicyclic) bond motifs is 1. The molecular weight excluding hydrogens is 518 g/mol. The zero-order chi connectivity index (χ0) is 25.7. The van der Waals surface area contributed by atoms with E-state index in [-0.39, 0.29) is 32.6 Å². The molecule has 1 amide bonds. The minimum absolute atomic E-state index is 0.0454. The van der Waals surface area contributed by atoms with Crippen molar-refractivity contribution in [2.45, 2.75) is 4.90 Å². The minimum atomic E-state index is -4.39. The normalized spacial score (nSPS) is 11.6. The van der Waals surface area contributed by atoms with Gasteiger partial charge in [-0.2, -0.15) is 8.42 Å². The summed E-state index contributed by atoms with van der Waals surface area (Å²) in [5, 5.41) is -0.479. The van der Waals surface area contributed by atoms with Crippen LogP contribution in [0.1, 0.15) is 26.4 Å². The zero-order valence-corrected chi connectivity index (χ0v) is 20.6. The summed E-state index contributed by atoms with van der Waals surface area (Å²) in [6.45, 7) is 0. The third-order valence-electron chi connectivity index (χ3n) is 5.39. The Labute approximate surface area is 210 Å². The molecular formula is C24H17Cl2FN2O5S. The van der Waals surface area contributed by atoms with Gasteiger partial charge < -0.3 is 9.30 Å². The topological polar surface area (TPSA) is 96.2 Å². The number of hydrogen-bond acceptors (Lipinski definition) is 4. The second kappa shape index (κ2) is 9.09. The lowest BCUT2D eigenvalue weighted by atomic mass is 10.0. The van der Waals surface area contributed by atoms with Gasteiger partial charge in [0.1, 0.15) is 5.82 Å². The highest BCUT2D eigenvalue weighted by atomic mass is 35.5. The molecule has 2 aromatic carbocycles. The molecule has 180 valence electrons. The van der Waals surface area contributed by atoms with Gasteiger partial charge in [-0.25, -0.2) is 4.39 Å². The number of pyridine rings is 1. The van der Waals surface area contributed by atoms with E-state index >= 15 is 0 Å². The molecule has 11 heteroatoms. The number of carbonyl (C=O) groups excluding carboxylic acids is 2. The van der Waals surface area contributed by atoms with E-state index in [0.29, 0.717) is 16.6 Å². The van der Waals surface area contributed by atoms with Gasteiger partial charge >= 0.3 is 0 Å². The van der Waals surface area contributed by atoms with Gasteiger partial charge in [-0.3, -0.25) is 14.1 Å². The van der Waals surface area contributed by atoms with Crippen LogP contribution in [0.4, 0.5) is 4.39 Å². The van der Waals surface area contributed by atoms with Crippen molar-refractivity contribution in [3.63, 3.8) is 0 Å². The first-order valence-electron chi connectivity index (χ1n) is 10.0. The average Bonchev–Trinajstić information content (AvgIpc) is 3.19. The SMILES string of the molecule is CN(C)C(=O)c1ccc2c(-c3ccc(S(=O)(=O)O)cc3)cc(C(=O)c3c(Cl)ccc(F)c3Cl)n2c1. The van der Waals surface area contributed by atoms with E-state index in [4.69, 9.17) is 23.2 Å². The first-order chi connectivity index (χ1) is 16.4. The quantitative estimate of drug-likeness (QED) is 0.215. The first-order valence-corrected chi connectivity index (χ1v) is 12.2. The Balaban J connectivity index is 1.98. The second-order valence-corrected chi connectivity index (χ2v) is 10.1. The van der Waals surface area contributed by atoms with E-state index < -0.39 is 26.7 Å². The molecule has 0 saturated heterocycles. The Morgan fingerprint density at radius 3 is 2.26 bits per heavy atom. The van der Waals surface area contributed by atoms with E-state index in [2.05, 4.69) is 0 Å². The van der Waals surface area contributed by atoms with Crippen LogP contribution >= 0.6 is 23.2 Å². The summed E-state index contributed by atoms with van der Waals surface area (Å²) in [4.78, 5) is 27.2. The van der Waals surface area contributed by atoms with Gasteiger partial charge in [0.25, 0.3) is 16.0 Å². The van der Waals surface area contributed by atoms with Crippen molar-refractivity contribution in [2.75, 3.05) is 14.1 Å². The van der Waals surface area contributed by atoms with Crippen molar-refractivity contribution in [3.05, 3.63) is 93.5 Å². The van der Waals surface area contributed by atoms with Gasteiger partial charge in [0.2, 0.25) is 5.78 Å². The number of halogens is 3. The van der Waals surface area contributed by atoms with Crippen LogP contribution in [-0.2, 0) is 10.1 Å². The molecule has 0 saturated carbocycles. The molecule has 0 unspecified atom stereocenters. The highest BCUT2D eigenvalue weighted by Crippen LogP contribution is 2.34. The zero-order valence-electron chi connectivity index (χ0n) is 18.3. The van der Waals surface area contributed by atoms with Gasteiger partial charge in [0.15, 0.2) is 0 Å². The van der Waals surface area contributed by atoms with Crippen molar-refractivity contribution in [2.24, 2.45) is 0 Å². The highest BCUT2D eigenvalue weighted by molar-refractivity contribution is 7.85. The number of rotatable bonds is 5. The number of hydrogen-bond donors (Lipinski definition) is 1. The minimum Gasteiger partial charge on any atom is -0.345 e. The molecule has 0 radical (unpaired) electrons. The van der Waals surface area contributed by atoms with Crippen molar-refractivity contribution in [3.8, 4) is 11.1 Å². The smallest absolute Gasteiger partial charge is 0.294 e. The van der Waals surface area contributed by atoms with E-state index in [1.807, 2.05) is 0 Å². The predicted molar refractivity (Wildman–Crippen MR) is 131 cm³/mol. The Bertz CT molecular complexity index is 1610. The molecule has 2 heterocycles. The summed E-state index contributed by atoms with van der Waals surface area (Å²) in [5.74, 6) is -1.80. The summed E-state index contributed by atoms with van der Waals surface area (Å²) in [6, 6.07) is 12.4. The van der Waals surface area contributed by atoms with Crippen molar-refractivity contribution in [1.82, 2.24) is 9.30 Å². The summed E-state index contributed by atoms with van der Waals surface area (Å²) in [5.41, 5.74) is 1.66. The molecule has 2 aromatic heterocycles. The average molecular weight is 535 g/mol. The van der Waals surface area contributed by atoms with Crippen LogP contribution in [0.15, 0.2) is 65.7 Å². The molecule has 4 rings (SSSR count). The molecule has 0 aliphatic heterocycles. The summed E-state index contributed by atoms with van der Waals surface area (Å²) >= 11 is 12.3. The first kappa shape index (κ1) is 24.9. The molecule has 7 nitrogen and oxygen atoms in total. The standard InChI is InChI=1S/C24H17Cl2FN2O5S/c1-28(2)24(31)14-5-10-19-16(13-3-6-15(7-4-13)35(32,33)34)11-20(29(19)12-14)23(30)21-17(25)8-9-18(27)22(21)26/h3-12H,1-2H3,(H,32,33,34). The lowest BCUT2D eigenvalue weighted by Crippen LogP contribution is -2.22. The number of carbonyl (C=O) groups is 2. The Morgan fingerprint density at radius 2 is 1.66 bits per heavy atom. The molecule has 0 aliphatic carbocycles. The second-order valence-electron chi connectivity index (χ2n) is 7.86. The molecule has 0 spiro atoms. The number of nitrogens with zero attached hydrogens (tertiary/aromatic N) is 2. The fourth-order valence-corrected chi connectivity index (χ4v) is 4.68. The van der Waals surface area contributed by atoms with Gasteiger partial charge in [-0.05, 0) is 48.0 Å². The van der Waals surface area contributed by atoms with E-state index in [9.17, 15) is 27.0 Å². The predicted octanol–water partition coefficient (Wildman–Crippen LogP) is 5.23. The maximum absolute atomic E-state index is 14.1. The third-order valence-corrected chi connectivity index (χ3v) is 6.94.